The number of hydrogen-bond donors (Lipinski definition) is 0. The van der Waals surface area contributed by atoms with Crippen molar-refractivity contribution in [3.63, 3.8) is 0 Å². The molecule has 0 fully saturated rings. The minimum Gasteiger partial charge on any atom is -0.490 e. The summed E-state index contributed by atoms with van der Waals surface area (Å²) in [7, 11) is 0. The van der Waals surface area contributed by atoms with Gasteiger partial charge in [-0.2, -0.15) is 0 Å². The van der Waals surface area contributed by atoms with E-state index in [0.29, 0.717) is 12.4 Å². The van der Waals surface area contributed by atoms with Crippen molar-refractivity contribution in [2.45, 2.75) is 39.0 Å². The van der Waals surface area contributed by atoms with Crippen LogP contribution in [-0.2, 0) is 11.8 Å². The van der Waals surface area contributed by atoms with Crippen LogP contribution in [0.25, 0.3) is 0 Å². The lowest BCUT2D eigenvalue weighted by molar-refractivity contribution is 0.272. The molecule has 82 valence electrons. The molecule has 0 aliphatic carbocycles. The van der Waals surface area contributed by atoms with Gasteiger partial charge in [0, 0.05) is 0 Å². The standard InChI is InChI=1S/C13H17FO/c1-13(2,3)10-7-9-5-4-6-15-12(9)11(14)8-10/h7-8H,4-6H2,1-3H3. The summed E-state index contributed by atoms with van der Waals surface area (Å²) >= 11 is 0. The topological polar surface area (TPSA) is 9.23 Å². The van der Waals surface area contributed by atoms with Crippen LogP contribution in [0.2, 0.25) is 0 Å². The third-order valence-corrected chi connectivity index (χ3v) is 2.82. The smallest absolute Gasteiger partial charge is 0.165 e. The molecule has 0 atom stereocenters. The van der Waals surface area contributed by atoms with Crippen molar-refractivity contribution in [1.29, 1.82) is 0 Å². The Morgan fingerprint density at radius 1 is 1.27 bits per heavy atom. The molecule has 0 spiro atoms. The molecule has 0 aromatic heterocycles. The minimum absolute atomic E-state index is 0.00663. The summed E-state index contributed by atoms with van der Waals surface area (Å²) in [5, 5.41) is 0. The Labute approximate surface area is 90.3 Å². The van der Waals surface area contributed by atoms with E-state index in [1.165, 1.54) is 0 Å². The summed E-state index contributed by atoms with van der Waals surface area (Å²) in [5.41, 5.74) is 2.06. The number of hydrogen-bond acceptors (Lipinski definition) is 1. The number of ether oxygens (including phenoxy) is 1. The van der Waals surface area contributed by atoms with Crippen molar-refractivity contribution in [2.75, 3.05) is 6.61 Å². The Kier molecular flexibility index (Phi) is 2.45. The Morgan fingerprint density at radius 3 is 2.67 bits per heavy atom. The first kappa shape index (κ1) is 10.5. The second-order valence-electron chi connectivity index (χ2n) is 5.15. The molecule has 1 aromatic rings. The SMILES string of the molecule is CC(C)(C)c1cc(F)c2c(c1)CCCO2. The van der Waals surface area contributed by atoms with Crippen LogP contribution < -0.4 is 4.74 Å². The zero-order chi connectivity index (χ0) is 11.1. The fourth-order valence-corrected chi connectivity index (χ4v) is 1.87. The Hall–Kier alpha value is -1.05. The minimum atomic E-state index is -0.211. The monoisotopic (exact) mass is 208 g/mol. The molecule has 0 saturated carbocycles. The lowest BCUT2D eigenvalue weighted by Crippen LogP contribution is -2.15. The highest BCUT2D eigenvalue weighted by Gasteiger charge is 2.21. The summed E-state index contributed by atoms with van der Waals surface area (Å²) in [6.45, 7) is 6.92. The summed E-state index contributed by atoms with van der Waals surface area (Å²) in [4.78, 5) is 0. The molecule has 1 heterocycles. The number of halogens is 1. The second kappa shape index (κ2) is 3.51. The van der Waals surface area contributed by atoms with Gasteiger partial charge in [-0.05, 0) is 35.4 Å². The fourth-order valence-electron chi connectivity index (χ4n) is 1.87. The average molecular weight is 208 g/mol. The molecule has 0 radical (unpaired) electrons. The zero-order valence-corrected chi connectivity index (χ0v) is 9.56. The van der Waals surface area contributed by atoms with E-state index < -0.39 is 0 Å². The van der Waals surface area contributed by atoms with Gasteiger partial charge in [-0.25, -0.2) is 4.39 Å². The van der Waals surface area contributed by atoms with E-state index in [-0.39, 0.29) is 11.2 Å². The van der Waals surface area contributed by atoms with Gasteiger partial charge >= 0.3 is 0 Å². The summed E-state index contributed by atoms with van der Waals surface area (Å²) in [5.74, 6) is 0.256. The molecule has 0 N–H and O–H groups in total. The van der Waals surface area contributed by atoms with Crippen molar-refractivity contribution in [3.05, 3.63) is 29.1 Å². The first-order valence-electron chi connectivity index (χ1n) is 5.44. The van der Waals surface area contributed by atoms with E-state index in [1.807, 2.05) is 0 Å². The van der Waals surface area contributed by atoms with Gasteiger partial charge in [-0.15, -0.1) is 0 Å². The van der Waals surface area contributed by atoms with Gasteiger partial charge in [0.2, 0.25) is 0 Å². The molecule has 1 aromatic carbocycles. The summed E-state index contributed by atoms with van der Waals surface area (Å²) < 4.78 is 19.1. The predicted octanol–water partition coefficient (Wildman–Crippen LogP) is 3.45. The van der Waals surface area contributed by atoms with Crippen LogP contribution in [0.5, 0.6) is 5.75 Å². The number of aryl methyl sites for hydroxylation is 1. The Morgan fingerprint density at radius 2 is 2.00 bits per heavy atom. The molecule has 2 heteroatoms. The number of rotatable bonds is 0. The highest BCUT2D eigenvalue weighted by atomic mass is 19.1. The third-order valence-electron chi connectivity index (χ3n) is 2.82. The van der Waals surface area contributed by atoms with Gasteiger partial charge in [-0.3, -0.25) is 0 Å². The van der Waals surface area contributed by atoms with Gasteiger partial charge in [0.1, 0.15) is 0 Å². The molecular formula is C13H17FO. The van der Waals surface area contributed by atoms with Crippen LogP contribution in [0.15, 0.2) is 12.1 Å². The molecule has 15 heavy (non-hydrogen) atoms. The van der Waals surface area contributed by atoms with Crippen molar-refractivity contribution in [3.8, 4) is 5.75 Å². The maximum Gasteiger partial charge on any atom is 0.165 e. The quantitative estimate of drug-likeness (QED) is 0.634. The van der Waals surface area contributed by atoms with Gasteiger partial charge in [0.15, 0.2) is 11.6 Å². The van der Waals surface area contributed by atoms with Crippen LogP contribution in [0.3, 0.4) is 0 Å². The normalized spacial score (nSPS) is 15.7. The Bertz CT molecular complexity index is 377. The van der Waals surface area contributed by atoms with Gasteiger partial charge in [0.25, 0.3) is 0 Å². The lowest BCUT2D eigenvalue weighted by atomic mass is 9.85. The lowest BCUT2D eigenvalue weighted by Gasteiger charge is -2.24. The fraction of sp³-hybridized carbons (Fsp3) is 0.538. The first-order valence-corrected chi connectivity index (χ1v) is 5.44. The molecule has 2 rings (SSSR count). The molecule has 0 saturated heterocycles. The van der Waals surface area contributed by atoms with E-state index in [2.05, 4.69) is 26.8 Å². The maximum absolute atomic E-state index is 13.7. The molecule has 1 nitrogen and oxygen atoms in total. The molecule has 0 amide bonds. The zero-order valence-electron chi connectivity index (χ0n) is 9.56. The van der Waals surface area contributed by atoms with E-state index in [0.717, 1.165) is 24.0 Å². The number of fused-ring (bicyclic) bond motifs is 1. The highest BCUT2D eigenvalue weighted by molar-refractivity contribution is 5.42. The van der Waals surface area contributed by atoms with Crippen molar-refractivity contribution in [1.82, 2.24) is 0 Å². The summed E-state index contributed by atoms with van der Waals surface area (Å²) in [6.07, 6.45) is 1.91. The van der Waals surface area contributed by atoms with E-state index in [9.17, 15) is 4.39 Å². The van der Waals surface area contributed by atoms with Crippen LogP contribution >= 0.6 is 0 Å². The summed E-state index contributed by atoms with van der Waals surface area (Å²) in [6, 6.07) is 3.68. The van der Waals surface area contributed by atoms with Crippen LogP contribution in [0, 0.1) is 5.82 Å². The second-order valence-corrected chi connectivity index (χ2v) is 5.15. The first-order chi connectivity index (χ1) is 6.98. The third kappa shape index (κ3) is 1.99. The van der Waals surface area contributed by atoms with E-state index in [4.69, 9.17) is 4.74 Å². The maximum atomic E-state index is 13.7. The van der Waals surface area contributed by atoms with Crippen molar-refractivity contribution >= 4 is 0 Å². The predicted molar refractivity (Wildman–Crippen MR) is 58.9 cm³/mol. The van der Waals surface area contributed by atoms with Crippen molar-refractivity contribution < 1.29 is 9.13 Å². The largest absolute Gasteiger partial charge is 0.490 e. The van der Waals surface area contributed by atoms with Crippen LogP contribution in [0.4, 0.5) is 4.39 Å². The molecule has 1 aliphatic rings. The molecule has 0 bridgehead atoms. The van der Waals surface area contributed by atoms with E-state index in [1.54, 1.807) is 6.07 Å². The average Bonchev–Trinajstić information content (AvgIpc) is 2.16. The molecular weight excluding hydrogens is 191 g/mol. The highest BCUT2D eigenvalue weighted by Crippen LogP contribution is 2.33. The molecule has 0 unspecified atom stereocenters. The van der Waals surface area contributed by atoms with Gasteiger partial charge < -0.3 is 4.74 Å². The molecule has 1 aliphatic heterocycles. The van der Waals surface area contributed by atoms with Crippen molar-refractivity contribution in [2.24, 2.45) is 0 Å². The van der Waals surface area contributed by atoms with Gasteiger partial charge in [0.05, 0.1) is 6.61 Å². The van der Waals surface area contributed by atoms with Gasteiger partial charge in [-0.1, -0.05) is 26.8 Å². The number of benzene rings is 1. The Balaban J connectivity index is 2.50. The van der Waals surface area contributed by atoms with E-state index >= 15 is 0 Å². The van der Waals surface area contributed by atoms with Crippen LogP contribution in [0.1, 0.15) is 38.3 Å². The van der Waals surface area contributed by atoms with Crippen LogP contribution in [-0.4, -0.2) is 6.61 Å².